The number of imidazole rings is 1. The lowest BCUT2D eigenvalue weighted by Gasteiger charge is -2.17. The average molecular weight is 318 g/mol. The van der Waals surface area contributed by atoms with E-state index in [0.717, 1.165) is 0 Å². The third-order valence-corrected chi connectivity index (χ3v) is 3.32. The molecule has 1 amide bonds. The first-order valence-electron chi connectivity index (χ1n) is 6.99. The van der Waals surface area contributed by atoms with Gasteiger partial charge in [-0.15, -0.1) is 0 Å². The molecule has 0 saturated carbocycles. The number of carbonyl (C=O) groups is 2. The number of H-pyrrole nitrogens is 1. The van der Waals surface area contributed by atoms with Gasteiger partial charge in [0, 0.05) is 24.7 Å². The summed E-state index contributed by atoms with van der Waals surface area (Å²) in [6.07, 6.45) is 3.36. The number of rotatable bonds is 7. The number of nitrogens with two attached hydrogens (primary N) is 1. The third-order valence-electron chi connectivity index (χ3n) is 3.32. The number of amides is 1. The van der Waals surface area contributed by atoms with Crippen molar-refractivity contribution in [3.05, 3.63) is 48.0 Å². The predicted octanol–water partition coefficient (Wildman–Crippen LogP) is -0.203. The Morgan fingerprint density at radius 1 is 1.26 bits per heavy atom. The highest BCUT2D eigenvalue weighted by Crippen LogP contribution is 2.11. The summed E-state index contributed by atoms with van der Waals surface area (Å²) in [6.45, 7) is 0. The van der Waals surface area contributed by atoms with Gasteiger partial charge in [-0.05, 0) is 17.7 Å². The Bertz CT molecular complexity index is 655. The summed E-state index contributed by atoms with van der Waals surface area (Å²) in [7, 11) is 0. The van der Waals surface area contributed by atoms with E-state index in [1.165, 1.54) is 18.5 Å². The fraction of sp³-hybridized carbons (Fsp3) is 0.267. The van der Waals surface area contributed by atoms with E-state index in [-0.39, 0.29) is 18.6 Å². The molecule has 0 bridgehead atoms. The molecule has 0 unspecified atom stereocenters. The number of aromatic nitrogens is 2. The minimum Gasteiger partial charge on any atom is -0.508 e. The van der Waals surface area contributed by atoms with Gasteiger partial charge in [0.05, 0.1) is 12.4 Å². The van der Waals surface area contributed by atoms with Crippen LogP contribution < -0.4 is 11.1 Å². The van der Waals surface area contributed by atoms with Crippen LogP contribution in [-0.4, -0.2) is 44.1 Å². The van der Waals surface area contributed by atoms with E-state index in [9.17, 15) is 19.8 Å². The van der Waals surface area contributed by atoms with Crippen LogP contribution in [0.2, 0.25) is 0 Å². The quantitative estimate of drug-likeness (QED) is 0.478. The molecule has 0 spiro atoms. The maximum absolute atomic E-state index is 12.1. The van der Waals surface area contributed by atoms with Gasteiger partial charge in [0.25, 0.3) is 0 Å². The number of hydrogen-bond donors (Lipinski definition) is 5. The summed E-state index contributed by atoms with van der Waals surface area (Å²) in [5.41, 5.74) is 7.16. The van der Waals surface area contributed by atoms with Crippen molar-refractivity contribution < 1.29 is 19.8 Å². The van der Waals surface area contributed by atoms with E-state index in [4.69, 9.17) is 5.73 Å². The second-order valence-electron chi connectivity index (χ2n) is 5.16. The number of carbonyl (C=O) groups excluding carboxylic acids is 1. The molecule has 0 aliphatic heterocycles. The Morgan fingerprint density at radius 2 is 1.96 bits per heavy atom. The van der Waals surface area contributed by atoms with Gasteiger partial charge in [-0.25, -0.2) is 9.78 Å². The molecule has 8 nitrogen and oxygen atoms in total. The molecule has 0 saturated heterocycles. The minimum absolute atomic E-state index is 0.0891. The van der Waals surface area contributed by atoms with Crippen LogP contribution in [0.5, 0.6) is 5.75 Å². The third kappa shape index (κ3) is 4.82. The Hall–Kier alpha value is -2.87. The molecule has 23 heavy (non-hydrogen) atoms. The summed E-state index contributed by atoms with van der Waals surface area (Å²) >= 11 is 0. The molecule has 0 aliphatic rings. The number of aromatic hydroxyl groups is 1. The van der Waals surface area contributed by atoms with Crippen molar-refractivity contribution in [2.75, 3.05) is 0 Å². The fourth-order valence-electron chi connectivity index (χ4n) is 2.07. The van der Waals surface area contributed by atoms with Crippen LogP contribution in [0.3, 0.4) is 0 Å². The highest BCUT2D eigenvalue weighted by atomic mass is 16.4. The molecule has 0 fully saturated rings. The molecule has 1 aromatic carbocycles. The summed E-state index contributed by atoms with van der Waals surface area (Å²) < 4.78 is 0. The lowest BCUT2D eigenvalue weighted by molar-refractivity contribution is -0.141. The number of hydrogen-bond acceptors (Lipinski definition) is 5. The molecule has 1 heterocycles. The van der Waals surface area contributed by atoms with Crippen LogP contribution >= 0.6 is 0 Å². The van der Waals surface area contributed by atoms with Crippen LogP contribution in [0.1, 0.15) is 11.3 Å². The van der Waals surface area contributed by atoms with Crippen LogP contribution in [-0.2, 0) is 22.4 Å². The first-order chi connectivity index (χ1) is 11.0. The van der Waals surface area contributed by atoms with E-state index < -0.39 is 24.0 Å². The number of nitrogens with zero attached hydrogens (tertiary/aromatic N) is 1. The SMILES string of the molecule is N[C@@H](Cc1cnc[nH]1)C(=O)N[C@H](Cc1ccc(O)cc1)C(=O)O. The van der Waals surface area contributed by atoms with E-state index in [2.05, 4.69) is 15.3 Å². The molecular formula is C15H18N4O4. The lowest BCUT2D eigenvalue weighted by Crippen LogP contribution is -2.50. The Balaban J connectivity index is 1.96. The van der Waals surface area contributed by atoms with Crippen molar-refractivity contribution in [3.8, 4) is 5.75 Å². The van der Waals surface area contributed by atoms with Crippen molar-refractivity contribution >= 4 is 11.9 Å². The number of aromatic amines is 1. The molecule has 2 aromatic rings. The van der Waals surface area contributed by atoms with Gasteiger partial charge in [-0.2, -0.15) is 0 Å². The van der Waals surface area contributed by atoms with Crippen LogP contribution in [0, 0.1) is 0 Å². The van der Waals surface area contributed by atoms with Gasteiger partial charge in [0.2, 0.25) is 5.91 Å². The van der Waals surface area contributed by atoms with Crippen LogP contribution in [0.25, 0.3) is 0 Å². The Labute approximate surface area is 132 Å². The highest BCUT2D eigenvalue weighted by molar-refractivity contribution is 5.87. The summed E-state index contributed by atoms with van der Waals surface area (Å²) in [5.74, 6) is -1.61. The normalized spacial score (nSPS) is 13.3. The first-order valence-corrected chi connectivity index (χ1v) is 6.99. The van der Waals surface area contributed by atoms with E-state index >= 15 is 0 Å². The monoisotopic (exact) mass is 318 g/mol. The van der Waals surface area contributed by atoms with Crippen LogP contribution in [0.15, 0.2) is 36.8 Å². The van der Waals surface area contributed by atoms with Gasteiger partial charge in [0.1, 0.15) is 11.8 Å². The smallest absolute Gasteiger partial charge is 0.326 e. The minimum atomic E-state index is -1.15. The van der Waals surface area contributed by atoms with Gasteiger partial charge in [0.15, 0.2) is 0 Å². The highest BCUT2D eigenvalue weighted by Gasteiger charge is 2.24. The Kier molecular flexibility index (Phi) is 5.32. The van der Waals surface area contributed by atoms with Crippen molar-refractivity contribution in [3.63, 3.8) is 0 Å². The van der Waals surface area contributed by atoms with E-state index in [1.807, 2.05) is 0 Å². The van der Waals surface area contributed by atoms with Crippen molar-refractivity contribution in [1.82, 2.24) is 15.3 Å². The zero-order chi connectivity index (χ0) is 16.8. The summed E-state index contributed by atoms with van der Waals surface area (Å²) in [5, 5.41) is 20.9. The van der Waals surface area contributed by atoms with Crippen molar-refractivity contribution in [1.29, 1.82) is 0 Å². The molecule has 6 N–H and O–H groups in total. The average Bonchev–Trinajstić information content (AvgIpc) is 3.01. The molecule has 1 aromatic heterocycles. The van der Waals surface area contributed by atoms with Crippen LogP contribution in [0.4, 0.5) is 0 Å². The number of phenols is 1. The maximum atomic E-state index is 12.1. The zero-order valence-corrected chi connectivity index (χ0v) is 12.3. The van der Waals surface area contributed by atoms with E-state index in [0.29, 0.717) is 11.3 Å². The molecule has 2 atom stereocenters. The maximum Gasteiger partial charge on any atom is 0.326 e. The van der Waals surface area contributed by atoms with Gasteiger partial charge in [-0.3, -0.25) is 4.79 Å². The first kappa shape index (κ1) is 16.5. The molecule has 2 rings (SSSR count). The van der Waals surface area contributed by atoms with Crippen molar-refractivity contribution in [2.24, 2.45) is 5.73 Å². The molecule has 0 aliphatic carbocycles. The van der Waals surface area contributed by atoms with Gasteiger partial charge < -0.3 is 26.2 Å². The fourth-order valence-corrected chi connectivity index (χ4v) is 2.07. The summed E-state index contributed by atoms with van der Waals surface area (Å²) in [6, 6.07) is 4.14. The number of benzene rings is 1. The van der Waals surface area contributed by atoms with Gasteiger partial charge >= 0.3 is 5.97 Å². The number of nitrogens with one attached hydrogen (secondary N) is 2. The Morgan fingerprint density at radius 3 is 2.52 bits per heavy atom. The molecule has 8 heteroatoms. The lowest BCUT2D eigenvalue weighted by atomic mass is 10.0. The predicted molar refractivity (Wildman–Crippen MR) is 81.6 cm³/mol. The van der Waals surface area contributed by atoms with Gasteiger partial charge in [-0.1, -0.05) is 12.1 Å². The second-order valence-corrected chi connectivity index (χ2v) is 5.16. The largest absolute Gasteiger partial charge is 0.508 e. The number of carboxylic acid groups (broad SMARTS) is 1. The summed E-state index contributed by atoms with van der Waals surface area (Å²) in [4.78, 5) is 30.0. The molecule has 122 valence electrons. The molecular weight excluding hydrogens is 300 g/mol. The topological polar surface area (TPSA) is 141 Å². The van der Waals surface area contributed by atoms with Crippen molar-refractivity contribution in [2.45, 2.75) is 24.9 Å². The second kappa shape index (κ2) is 7.41. The van der Waals surface area contributed by atoms with E-state index in [1.54, 1.807) is 18.3 Å². The standard InChI is InChI=1S/C15H18N4O4/c16-12(6-10-7-17-8-18-10)14(21)19-13(15(22)23)5-9-1-3-11(20)4-2-9/h1-4,7-8,12-13,20H,5-6,16H2,(H,17,18)(H,19,21)(H,22,23)/t12-,13+/m0/s1. The number of carboxylic acids is 1. The zero-order valence-electron chi connectivity index (χ0n) is 12.3. The number of aliphatic carboxylic acids is 1. The number of phenolic OH excluding ortho intramolecular Hbond substituents is 1. The molecule has 0 radical (unpaired) electrons.